The number of pyridine rings is 1. The SMILES string of the molecule is O=C1NCCCCCCN(Cc2ccncc2)[C@@H]2CN(C(=O)COCc3ccccc3)CC[C@@H]12. The van der Waals surface area contributed by atoms with E-state index < -0.39 is 0 Å². The van der Waals surface area contributed by atoms with Crippen LogP contribution in [0.5, 0.6) is 0 Å². The van der Waals surface area contributed by atoms with Crippen molar-refractivity contribution in [3.8, 4) is 0 Å². The van der Waals surface area contributed by atoms with Crippen LogP contribution < -0.4 is 5.32 Å². The number of nitrogens with zero attached hydrogens (tertiary/aromatic N) is 3. The molecule has 2 aliphatic rings. The standard InChI is InChI=1S/C27H36N4O3/c32-26(21-34-20-23-8-4-3-5-9-23)31-17-12-24-25(19-31)30(18-22-10-14-28-15-11-22)16-7-2-1-6-13-29-27(24)33/h3-5,8-11,14-15,24-25H,1-2,6-7,12-13,16-21H2,(H,29,33)/t24-,25-/m1/s1. The lowest BCUT2D eigenvalue weighted by molar-refractivity contribution is -0.143. The van der Waals surface area contributed by atoms with Crippen molar-refractivity contribution in [2.45, 2.75) is 51.3 Å². The molecule has 2 amide bonds. The second-order valence-corrected chi connectivity index (χ2v) is 9.31. The molecule has 2 atom stereocenters. The van der Waals surface area contributed by atoms with E-state index >= 15 is 0 Å². The number of hydrogen-bond donors (Lipinski definition) is 1. The summed E-state index contributed by atoms with van der Waals surface area (Å²) in [4.78, 5) is 34.6. The first kappa shape index (κ1) is 24.4. The van der Waals surface area contributed by atoms with Crippen LogP contribution in [0.4, 0.5) is 0 Å². The molecular formula is C27H36N4O3. The molecule has 0 unspecified atom stereocenters. The van der Waals surface area contributed by atoms with E-state index in [-0.39, 0.29) is 30.4 Å². The number of carbonyl (C=O) groups is 2. The van der Waals surface area contributed by atoms with E-state index in [0.717, 1.165) is 50.9 Å². The molecule has 3 heterocycles. The molecule has 1 aromatic heterocycles. The van der Waals surface area contributed by atoms with E-state index in [9.17, 15) is 9.59 Å². The number of hydrogen-bond acceptors (Lipinski definition) is 5. The third kappa shape index (κ3) is 6.87. The number of rotatable bonds is 6. The second-order valence-electron chi connectivity index (χ2n) is 9.31. The van der Waals surface area contributed by atoms with Crippen molar-refractivity contribution in [2.24, 2.45) is 5.92 Å². The first-order valence-electron chi connectivity index (χ1n) is 12.5. The Morgan fingerprint density at radius 3 is 2.62 bits per heavy atom. The van der Waals surface area contributed by atoms with Gasteiger partial charge in [-0.25, -0.2) is 0 Å². The van der Waals surface area contributed by atoms with Crippen molar-refractivity contribution < 1.29 is 14.3 Å². The molecule has 1 aromatic carbocycles. The lowest BCUT2D eigenvalue weighted by atomic mass is 9.88. The van der Waals surface area contributed by atoms with Crippen LogP contribution in [0.25, 0.3) is 0 Å². The summed E-state index contributed by atoms with van der Waals surface area (Å²) >= 11 is 0. The van der Waals surface area contributed by atoms with E-state index in [1.807, 2.05) is 59.8 Å². The lowest BCUT2D eigenvalue weighted by Crippen LogP contribution is -2.58. The first-order chi connectivity index (χ1) is 16.7. The van der Waals surface area contributed by atoms with Gasteiger partial charge >= 0.3 is 0 Å². The average molecular weight is 465 g/mol. The summed E-state index contributed by atoms with van der Waals surface area (Å²) in [6.45, 7) is 4.03. The van der Waals surface area contributed by atoms with Crippen molar-refractivity contribution in [1.82, 2.24) is 20.1 Å². The summed E-state index contributed by atoms with van der Waals surface area (Å²) in [5, 5.41) is 3.16. The van der Waals surface area contributed by atoms with Gasteiger partial charge in [0.05, 0.1) is 12.5 Å². The van der Waals surface area contributed by atoms with Gasteiger partial charge in [-0.15, -0.1) is 0 Å². The van der Waals surface area contributed by atoms with Crippen molar-refractivity contribution in [3.63, 3.8) is 0 Å². The number of likely N-dealkylation sites (tertiary alicyclic amines) is 1. The minimum atomic E-state index is -0.116. The molecule has 2 aromatic rings. The summed E-state index contributed by atoms with van der Waals surface area (Å²) < 4.78 is 5.72. The van der Waals surface area contributed by atoms with E-state index in [0.29, 0.717) is 26.1 Å². The van der Waals surface area contributed by atoms with Crippen molar-refractivity contribution in [3.05, 3.63) is 66.0 Å². The van der Waals surface area contributed by atoms with Crippen LogP contribution in [0.3, 0.4) is 0 Å². The summed E-state index contributed by atoms with van der Waals surface area (Å²) in [7, 11) is 0. The molecule has 4 rings (SSSR count). The molecule has 7 heteroatoms. The maximum absolute atomic E-state index is 13.1. The van der Waals surface area contributed by atoms with Crippen LogP contribution in [-0.2, 0) is 27.5 Å². The zero-order chi connectivity index (χ0) is 23.6. The molecule has 0 spiro atoms. The fraction of sp³-hybridized carbons (Fsp3) is 0.519. The second kappa shape index (κ2) is 12.6. The van der Waals surface area contributed by atoms with Gasteiger partial charge in [0.15, 0.2) is 0 Å². The number of piperidine rings is 1. The number of amides is 2. The Morgan fingerprint density at radius 2 is 1.79 bits per heavy atom. The quantitative estimate of drug-likeness (QED) is 0.711. The molecule has 0 bridgehead atoms. The highest BCUT2D eigenvalue weighted by Gasteiger charge is 2.39. The highest BCUT2D eigenvalue weighted by Crippen LogP contribution is 2.26. The lowest BCUT2D eigenvalue weighted by Gasteiger charge is -2.43. The Labute approximate surface area is 202 Å². The molecule has 7 nitrogen and oxygen atoms in total. The minimum Gasteiger partial charge on any atom is -0.367 e. The van der Waals surface area contributed by atoms with Crippen LogP contribution in [-0.4, -0.2) is 65.4 Å². The molecule has 0 aliphatic carbocycles. The van der Waals surface area contributed by atoms with Crippen molar-refractivity contribution in [2.75, 3.05) is 32.8 Å². The number of carbonyl (C=O) groups excluding carboxylic acids is 2. The molecule has 2 aliphatic heterocycles. The van der Waals surface area contributed by atoms with Gasteiger partial charge in [0.25, 0.3) is 0 Å². The van der Waals surface area contributed by atoms with Gasteiger partial charge in [-0.2, -0.15) is 0 Å². The Morgan fingerprint density at radius 1 is 1.00 bits per heavy atom. The van der Waals surface area contributed by atoms with Gasteiger partial charge in [0.2, 0.25) is 11.8 Å². The number of benzene rings is 1. The highest BCUT2D eigenvalue weighted by atomic mass is 16.5. The fourth-order valence-electron chi connectivity index (χ4n) is 4.98. The fourth-order valence-corrected chi connectivity index (χ4v) is 4.98. The molecule has 1 N–H and O–H groups in total. The number of aromatic nitrogens is 1. The Kier molecular flexibility index (Phi) is 9.04. The molecule has 2 fully saturated rings. The largest absolute Gasteiger partial charge is 0.367 e. The molecule has 0 saturated carbocycles. The van der Waals surface area contributed by atoms with Gasteiger partial charge in [-0.05, 0) is 49.1 Å². The highest BCUT2D eigenvalue weighted by molar-refractivity contribution is 5.81. The molecule has 2 saturated heterocycles. The number of fused-ring (bicyclic) bond motifs is 1. The summed E-state index contributed by atoms with van der Waals surface area (Å²) in [6.07, 6.45) is 8.69. The average Bonchev–Trinajstić information content (AvgIpc) is 2.90. The predicted molar refractivity (Wildman–Crippen MR) is 131 cm³/mol. The molecular weight excluding hydrogens is 428 g/mol. The summed E-state index contributed by atoms with van der Waals surface area (Å²) in [5.74, 6) is 0.00115. The van der Waals surface area contributed by atoms with Crippen LogP contribution >= 0.6 is 0 Å². The van der Waals surface area contributed by atoms with Crippen LogP contribution in [0.2, 0.25) is 0 Å². The zero-order valence-electron chi connectivity index (χ0n) is 19.9. The first-order valence-corrected chi connectivity index (χ1v) is 12.5. The van der Waals surface area contributed by atoms with Gasteiger partial charge < -0.3 is 15.0 Å². The zero-order valence-corrected chi connectivity index (χ0v) is 19.9. The third-order valence-electron chi connectivity index (χ3n) is 6.88. The van der Waals surface area contributed by atoms with Crippen LogP contribution in [0.15, 0.2) is 54.9 Å². The maximum Gasteiger partial charge on any atom is 0.248 e. The number of ether oxygens (including phenoxy) is 1. The number of nitrogens with one attached hydrogen (secondary N) is 1. The normalized spacial score (nSPS) is 22.4. The molecule has 182 valence electrons. The summed E-state index contributed by atoms with van der Waals surface area (Å²) in [6, 6.07) is 13.9. The van der Waals surface area contributed by atoms with Crippen molar-refractivity contribution in [1.29, 1.82) is 0 Å². The van der Waals surface area contributed by atoms with Crippen molar-refractivity contribution >= 4 is 11.8 Å². The topological polar surface area (TPSA) is 74.8 Å². The van der Waals surface area contributed by atoms with E-state index in [1.54, 1.807) is 0 Å². The third-order valence-corrected chi connectivity index (χ3v) is 6.88. The van der Waals surface area contributed by atoms with E-state index in [2.05, 4.69) is 15.2 Å². The molecule has 0 radical (unpaired) electrons. The minimum absolute atomic E-state index is 0.00651. The molecule has 34 heavy (non-hydrogen) atoms. The smallest absolute Gasteiger partial charge is 0.248 e. The van der Waals surface area contributed by atoms with Gasteiger partial charge in [0, 0.05) is 44.6 Å². The van der Waals surface area contributed by atoms with E-state index in [4.69, 9.17) is 4.74 Å². The maximum atomic E-state index is 13.1. The summed E-state index contributed by atoms with van der Waals surface area (Å²) in [5.41, 5.74) is 2.23. The van der Waals surface area contributed by atoms with Gasteiger partial charge in [0.1, 0.15) is 6.61 Å². The van der Waals surface area contributed by atoms with E-state index in [1.165, 1.54) is 5.56 Å². The predicted octanol–water partition coefficient (Wildman–Crippen LogP) is 3.01. The van der Waals surface area contributed by atoms with Gasteiger partial charge in [-0.3, -0.25) is 19.5 Å². The van der Waals surface area contributed by atoms with Crippen LogP contribution in [0.1, 0.15) is 43.2 Å². The monoisotopic (exact) mass is 464 g/mol. The Hall–Kier alpha value is -2.77. The Bertz CT molecular complexity index is 909. The Balaban J connectivity index is 1.45. The van der Waals surface area contributed by atoms with Crippen LogP contribution in [0, 0.1) is 5.92 Å². The van der Waals surface area contributed by atoms with Gasteiger partial charge in [-0.1, -0.05) is 43.2 Å².